The maximum absolute atomic E-state index is 11.8. The Morgan fingerprint density at radius 3 is 2.21 bits per heavy atom. The lowest BCUT2D eigenvalue weighted by atomic mass is 10.0. The van der Waals surface area contributed by atoms with E-state index in [1.807, 2.05) is 18.7 Å². The molecule has 1 fully saturated rings. The molecule has 0 saturated carbocycles. The van der Waals surface area contributed by atoms with E-state index >= 15 is 0 Å². The Kier molecular flexibility index (Phi) is 2.55. The highest BCUT2D eigenvalue weighted by atomic mass is 16.2. The van der Waals surface area contributed by atoms with Crippen LogP contribution in [0.2, 0.25) is 0 Å². The first-order valence-corrected chi connectivity index (χ1v) is 5.34. The molecule has 0 aromatic rings. The first-order chi connectivity index (χ1) is 6.22. The zero-order chi connectivity index (χ0) is 11.1. The molecule has 1 aliphatic heterocycles. The van der Waals surface area contributed by atoms with E-state index in [0.29, 0.717) is 6.04 Å². The van der Waals surface area contributed by atoms with Crippen LogP contribution in [0.3, 0.4) is 0 Å². The van der Waals surface area contributed by atoms with E-state index in [0.717, 1.165) is 6.42 Å². The second-order valence-electron chi connectivity index (χ2n) is 5.37. The van der Waals surface area contributed by atoms with Crippen molar-refractivity contribution in [2.24, 2.45) is 0 Å². The molecule has 0 spiro atoms. The average molecular weight is 198 g/mol. The van der Waals surface area contributed by atoms with E-state index in [2.05, 4.69) is 33.0 Å². The molecule has 82 valence electrons. The van der Waals surface area contributed by atoms with Crippen molar-refractivity contribution in [1.82, 2.24) is 10.2 Å². The van der Waals surface area contributed by atoms with Crippen molar-refractivity contribution in [3.63, 3.8) is 0 Å². The molecule has 0 radical (unpaired) electrons. The number of hydrogen-bond acceptors (Lipinski definition) is 1. The summed E-state index contributed by atoms with van der Waals surface area (Å²) in [5, 5.41) is 3.04. The van der Waals surface area contributed by atoms with Crippen molar-refractivity contribution >= 4 is 6.03 Å². The molecule has 0 aromatic heterocycles. The van der Waals surface area contributed by atoms with Crippen LogP contribution in [0.15, 0.2) is 0 Å². The van der Waals surface area contributed by atoms with E-state index in [1.165, 1.54) is 0 Å². The molecule has 1 saturated heterocycles. The second kappa shape index (κ2) is 3.14. The summed E-state index contributed by atoms with van der Waals surface area (Å²) in [6.07, 6.45) is 0.946. The standard InChI is InChI=1S/C11H22N2O/c1-7-10(3,4)12-9(14)13-8(2)11(13,5)6/h8H,7H2,1-6H3,(H,12,14). The quantitative estimate of drug-likeness (QED) is 0.679. The Morgan fingerprint density at radius 1 is 1.50 bits per heavy atom. The van der Waals surface area contributed by atoms with Crippen LogP contribution < -0.4 is 5.32 Å². The fourth-order valence-electron chi connectivity index (χ4n) is 1.56. The van der Waals surface area contributed by atoms with E-state index < -0.39 is 0 Å². The predicted molar refractivity (Wildman–Crippen MR) is 58.3 cm³/mol. The zero-order valence-corrected chi connectivity index (χ0v) is 10.1. The van der Waals surface area contributed by atoms with Gasteiger partial charge in [-0.3, -0.25) is 0 Å². The summed E-state index contributed by atoms with van der Waals surface area (Å²) >= 11 is 0. The maximum atomic E-state index is 11.8. The Hall–Kier alpha value is -0.730. The van der Waals surface area contributed by atoms with E-state index in [9.17, 15) is 4.79 Å². The van der Waals surface area contributed by atoms with Gasteiger partial charge in [-0.25, -0.2) is 4.79 Å². The molecule has 1 unspecified atom stereocenters. The highest BCUT2D eigenvalue weighted by Crippen LogP contribution is 2.39. The summed E-state index contributed by atoms with van der Waals surface area (Å²) in [5.74, 6) is 0. The Bertz CT molecular complexity index is 246. The third kappa shape index (κ3) is 1.86. The largest absolute Gasteiger partial charge is 0.333 e. The highest BCUT2D eigenvalue weighted by Gasteiger charge is 2.55. The van der Waals surface area contributed by atoms with Gasteiger partial charge < -0.3 is 10.2 Å². The first kappa shape index (κ1) is 11.3. The van der Waals surface area contributed by atoms with Gasteiger partial charge in [0.05, 0.1) is 11.6 Å². The van der Waals surface area contributed by atoms with Crippen LogP contribution >= 0.6 is 0 Å². The molecule has 3 nitrogen and oxygen atoms in total. The molecule has 3 heteroatoms. The molecule has 14 heavy (non-hydrogen) atoms. The third-order valence-electron chi connectivity index (χ3n) is 3.51. The van der Waals surface area contributed by atoms with Gasteiger partial charge in [-0.2, -0.15) is 0 Å². The molecule has 1 aliphatic rings. The summed E-state index contributed by atoms with van der Waals surface area (Å²) in [4.78, 5) is 13.7. The van der Waals surface area contributed by atoms with Crippen molar-refractivity contribution in [2.75, 3.05) is 0 Å². The summed E-state index contributed by atoms with van der Waals surface area (Å²) in [7, 11) is 0. The number of nitrogens with zero attached hydrogens (tertiary/aromatic N) is 1. The molecule has 0 bridgehead atoms. The normalized spacial score (nSPS) is 24.7. The van der Waals surface area contributed by atoms with Gasteiger partial charge in [0, 0.05) is 5.54 Å². The summed E-state index contributed by atoms with van der Waals surface area (Å²) in [5.41, 5.74) is -0.0661. The summed E-state index contributed by atoms with van der Waals surface area (Å²) in [6, 6.07) is 0.421. The monoisotopic (exact) mass is 198 g/mol. The number of carbonyl (C=O) groups is 1. The molecule has 0 aromatic carbocycles. The van der Waals surface area contributed by atoms with E-state index in [-0.39, 0.29) is 17.1 Å². The van der Waals surface area contributed by atoms with Crippen LogP contribution in [-0.4, -0.2) is 28.1 Å². The fraction of sp³-hybridized carbons (Fsp3) is 0.909. The SMILES string of the molecule is CCC(C)(C)NC(=O)N1C(C)C1(C)C. The van der Waals surface area contributed by atoms with Crippen LogP contribution in [-0.2, 0) is 0 Å². The highest BCUT2D eigenvalue weighted by molar-refractivity contribution is 5.79. The fourth-order valence-corrected chi connectivity index (χ4v) is 1.56. The minimum absolute atomic E-state index is 0.0356. The topological polar surface area (TPSA) is 32.1 Å². The van der Waals surface area contributed by atoms with Crippen molar-refractivity contribution in [3.05, 3.63) is 0 Å². The Balaban J connectivity index is 2.54. The number of hydrogen-bond donors (Lipinski definition) is 1. The lowest BCUT2D eigenvalue weighted by Gasteiger charge is -2.25. The molecular weight excluding hydrogens is 176 g/mol. The zero-order valence-electron chi connectivity index (χ0n) is 10.1. The lowest BCUT2D eigenvalue weighted by molar-refractivity contribution is 0.210. The Morgan fingerprint density at radius 2 is 1.93 bits per heavy atom. The van der Waals surface area contributed by atoms with Crippen LogP contribution in [0, 0.1) is 0 Å². The van der Waals surface area contributed by atoms with E-state index in [1.54, 1.807) is 0 Å². The average Bonchev–Trinajstić information content (AvgIpc) is 2.51. The van der Waals surface area contributed by atoms with Gasteiger partial charge in [-0.1, -0.05) is 6.92 Å². The minimum Gasteiger partial charge on any atom is -0.333 e. The molecule has 1 rings (SSSR count). The smallest absolute Gasteiger partial charge is 0.318 e. The molecule has 2 amide bonds. The first-order valence-electron chi connectivity index (χ1n) is 5.34. The molecule has 0 aliphatic carbocycles. The van der Waals surface area contributed by atoms with Crippen LogP contribution in [0.4, 0.5) is 4.79 Å². The number of rotatable bonds is 2. The van der Waals surface area contributed by atoms with Gasteiger partial charge >= 0.3 is 6.03 Å². The molecule has 1 atom stereocenters. The number of urea groups is 1. The third-order valence-corrected chi connectivity index (χ3v) is 3.51. The van der Waals surface area contributed by atoms with Gasteiger partial charge in [0.1, 0.15) is 0 Å². The molecule has 1 N–H and O–H groups in total. The molecule has 1 heterocycles. The van der Waals surface area contributed by atoms with Gasteiger partial charge in [0.15, 0.2) is 0 Å². The summed E-state index contributed by atoms with van der Waals surface area (Å²) < 4.78 is 0. The minimum atomic E-state index is -0.102. The van der Waals surface area contributed by atoms with Gasteiger partial charge in [-0.15, -0.1) is 0 Å². The predicted octanol–water partition coefficient (Wildman–Crippen LogP) is 2.37. The molecular formula is C11H22N2O. The van der Waals surface area contributed by atoms with Crippen molar-refractivity contribution < 1.29 is 4.79 Å². The second-order valence-corrected chi connectivity index (χ2v) is 5.37. The van der Waals surface area contributed by atoms with Crippen molar-refractivity contribution in [3.8, 4) is 0 Å². The Labute approximate surface area is 86.9 Å². The van der Waals surface area contributed by atoms with Gasteiger partial charge in [-0.05, 0) is 41.0 Å². The van der Waals surface area contributed by atoms with Crippen molar-refractivity contribution in [1.29, 1.82) is 0 Å². The number of nitrogens with one attached hydrogen (secondary N) is 1. The van der Waals surface area contributed by atoms with Crippen LogP contribution in [0.25, 0.3) is 0 Å². The number of amides is 2. The van der Waals surface area contributed by atoms with Gasteiger partial charge in [0.25, 0.3) is 0 Å². The van der Waals surface area contributed by atoms with Crippen molar-refractivity contribution in [2.45, 2.75) is 65.1 Å². The maximum Gasteiger partial charge on any atom is 0.318 e. The van der Waals surface area contributed by atoms with Gasteiger partial charge in [0.2, 0.25) is 0 Å². The summed E-state index contributed by atoms with van der Waals surface area (Å²) in [6.45, 7) is 12.4. The van der Waals surface area contributed by atoms with Crippen LogP contribution in [0.1, 0.15) is 48.0 Å². The lowest BCUT2D eigenvalue weighted by Crippen LogP contribution is -2.46. The van der Waals surface area contributed by atoms with Crippen LogP contribution in [0.5, 0.6) is 0 Å². The number of carbonyl (C=O) groups excluding carboxylic acids is 1. The van der Waals surface area contributed by atoms with E-state index in [4.69, 9.17) is 0 Å².